The number of nitrogens with two attached hydrogens (primary N) is 1. The third-order valence-electron chi connectivity index (χ3n) is 1.89. The fraction of sp³-hybridized carbons (Fsp3) is 0.250. The molecule has 0 heterocycles. The molecule has 1 aromatic carbocycles. The minimum Gasteiger partial charge on any atom is -0.490 e. The standard InChI is InChI=1S/C12H15NO3/c1-2-12(14)16-11(8-13)9-15-10-6-4-3-5-7-10/h2-7,11H,1,8-9,13H2. The number of hydrogen-bond donors (Lipinski definition) is 1. The Bertz CT molecular complexity index is 337. The normalized spacial score (nSPS) is 11.6. The van der Waals surface area contributed by atoms with Gasteiger partial charge in [0.1, 0.15) is 18.5 Å². The second-order valence-electron chi connectivity index (χ2n) is 3.12. The van der Waals surface area contributed by atoms with Gasteiger partial charge in [-0.2, -0.15) is 0 Å². The second kappa shape index (κ2) is 6.63. The molecule has 4 heteroatoms. The van der Waals surface area contributed by atoms with Crippen molar-refractivity contribution in [1.29, 1.82) is 0 Å². The van der Waals surface area contributed by atoms with Crippen LogP contribution >= 0.6 is 0 Å². The van der Waals surface area contributed by atoms with Crippen LogP contribution in [0.1, 0.15) is 0 Å². The Balaban J connectivity index is 2.40. The van der Waals surface area contributed by atoms with Crippen LogP contribution in [0, 0.1) is 0 Å². The zero-order chi connectivity index (χ0) is 11.8. The average molecular weight is 221 g/mol. The van der Waals surface area contributed by atoms with Crippen molar-refractivity contribution >= 4 is 5.97 Å². The van der Waals surface area contributed by atoms with Crippen molar-refractivity contribution in [2.75, 3.05) is 13.2 Å². The third kappa shape index (κ3) is 4.14. The maximum absolute atomic E-state index is 10.9. The predicted molar refractivity (Wildman–Crippen MR) is 61.1 cm³/mol. The van der Waals surface area contributed by atoms with E-state index in [9.17, 15) is 4.79 Å². The average Bonchev–Trinajstić information content (AvgIpc) is 2.35. The molecule has 0 amide bonds. The Kier molecular flexibility index (Phi) is 5.08. The molecule has 4 nitrogen and oxygen atoms in total. The van der Waals surface area contributed by atoms with Gasteiger partial charge in [0.15, 0.2) is 0 Å². The zero-order valence-corrected chi connectivity index (χ0v) is 8.96. The number of ether oxygens (including phenoxy) is 2. The van der Waals surface area contributed by atoms with Gasteiger partial charge in [-0.1, -0.05) is 24.8 Å². The summed E-state index contributed by atoms with van der Waals surface area (Å²) in [4.78, 5) is 10.9. The molecule has 0 saturated carbocycles. The van der Waals surface area contributed by atoms with E-state index in [0.29, 0.717) is 0 Å². The summed E-state index contributed by atoms with van der Waals surface area (Å²) in [6.45, 7) is 3.76. The lowest BCUT2D eigenvalue weighted by atomic mass is 10.3. The first-order chi connectivity index (χ1) is 7.76. The molecule has 0 aromatic heterocycles. The van der Waals surface area contributed by atoms with E-state index in [0.717, 1.165) is 11.8 Å². The summed E-state index contributed by atoms with van der Waals surface area (Å²) in [5.41, 5.74) is 5.45. The largest absolute Gasteiger partial charge is 0.490 e. The zero-order valence-electron chi connectivity index (χ0n) is 8.96. The van der Waals surface area contributed by atoms with E-state index in [1.165, 1.54) is 0 Å². The van der Waals surface area contributed by atoms with Gasteiger partial charge in [-0.15, -0.1) is 0 Å². The molecule has 86 valence electrons. The van der Waals surface area contributed by atoms with Crippen LogP contribution in [0.15, 0.2) is 43.0 Å². The molecule has 0 aliphatic heterocycles. The Morgan fingerprint density at radius 1 is 1.44 bits per heavy atom. The predicted octanol–water partition coefficient (Wildman–Crippen LogP) is 1.12. The molecule has 0 aliphatic carbocycles. The summed E-state index contributed by atoms with van der Waals surface area (Å²) in [5.74, 6) is 0.225. The first-order valence-corrected chi connectivity index (χ1v) is 4.97. The van der Waals surface area contributed by atoms with Crippen LogP contribution in [0.2, 0.25) is 0 Å². The number of hydrogen-bond acceptors (Lipinski definition) is 4. The molecule has 0 radical (unpaired) electrons. The highest BCUT2D eigenvalue weighted by atomic mass is 16.6. The number of benzene rings is 1. The first kappa shape index (κ1) is 12.3. The number of esters is 1. The molecule has 1 atom stereocenters. The van der Waals surface area contributed by atoms with Crippen LogP contribution < -0.4 is 10.5 Å². The van der Waals surface area contributed by atoms with E-state index in [-0.39, 0.29) is 13.2 Å². The summed E-state index contributed by atoms with van der Waals surface area (Å²) in [7, 11) is 0. The lowest BCUT2D eigenvalue weighted by Gasteiger charge is -2.15. The summed E-state index contributed by atoms with van der Waals surface area (Å²) in [6, 6.07) is 9.27. The minimum atomic E-state index is -0.493. The van der Waals surface area contributed by atoms with Gasteiger partial charge < -0.3 is 15.2 Å². The van der Waals surface area contributed by atoms with Crippen LogP contribution in [-0.4, -0.2) is 25.2 Å². The van der Waals surface area contributed by atoms with Gasteiger partial charge in [-0.05, 0) is 12.1 Å². The number of rotatable bonds is 6. The van der Waals surface area contributed by atoms with Gasteiger partial charge in [0.2, 0.25) is 0 Å². The molecular weight excluding hydrogens is 206 g/mol. The number of para-hydroxylation sites is 1. The van der Waals surface area contributed by atoms with Gasteiger partial charge in [0, 0.05) is 12.6 Å². The summed E-state index contributed by atoms with van der Waals surface area (Å²) in [5, 5.41) is 0. The Morgan fingerprint density at radius 2 is 2.12 bits per heavy atom. The number of carbonyl (C=O) groups is 1. The van der Waals surface area contributed by atoms with Gasteiger partial charge in [-0.25, -0.2) is 4.79 Å². The van der Waals surface area contributed by atoms with Crippen molar-refractivity contribution in [2.45, 2.75) is 6.10 Å². The molecule has 0 fully saturated rings. The molecule has 0 aliphatic rings. The van der Waals surface area contributed by atoms with Crippen molar-refractivity contribution in [3.05, 3.63) is 43.0 Å². The highest BCUT2D eigenvalue weighted by Crippen LogP contribution is 2.09. The smallest absolute Gasteiger partial charge is 0.330 e. The molecule has 1 aromatic rings. The Labute approximate surface area is 94.7 Å². The lowest BCUT2D eigenvalue weighted by Crippen LogP contribution is -2.31. The van der Waals surface area contributed by atoms with Crippen LogP contribution in [0.3, 0.4) is 0 Å². The van der Waals surface area contributed by atoms with Crippen LogP contribution in [0.4, 0.5) is 0 Å². The SMILES string of the molecule is C=CC(=O)OC(CN)COc1ccccc1. The maximum Gasteiger partial charge on any atom is 0.330 e. The monoisotopic (exact) mass is 221 g/mol. The van der Waals surface area contributed by atoms with Crippen molar-refractivity contribution in [2.24, 2.45) is 5.73 Å². The first-order valence-electron chi connectivity index (χ1n) is 4.97. The molecular formula is C12H15NO3. The Hall–Kier alpha value is -1.81. The highest BCUT2D eigenvalue weighted by Gasteiger charge is 2.11. The van der Waals surface area contributed by atoms with Gasteiger partial charge in [0.05, 0.1) is 0 Å². The van der Waals surface area contributed by atoms with Crippen LogP contribution in [0.25, 0.3) is 0 Å². The molecule has 0 saturated heterocycles. The second-order valence-corrected chi connectivity index (χ2v) is 3.12. The van der Waals surface area contributed by atoms with E-state index < -0.39 is 12.1 Å². The summed E-state index contributed by atoms with van der Waals surface area (Å²) in [6.07, 6.45) is 0.649. The minimum absolute atomic E-state index is 0.215. The third-order valence-corrected chi connectivity index (χ3v) is 1.89. The molecule has 0 bridgehead atoms. The topological polar surface area (TPSA) is 61.5 Å². The molecule has 16 heavy (non-hydrogen) atoms. The molecule has 1 rings (SSSR count). The van der Waals surface area contributed by atoms with Crippen molar-refractivity contribution in [3.63, 3.8) is 0 Å². The molecule has 0 spiro atoms. The van der Waals surface area contributed by atoms with Gasteiger partial charge in [0.25, 0.3) is 0 Å². The number of carbonyl (C=O) groups excluding carboxylic acids is 1. The van der Waals surface area contributed by atoms with Gasteiger partial charge in [-0.3, -0.25) is 0 Å². The highest BCUT2D eigenvalue weighted by molar-refractivity contribution is 5.81. The summed E-state index contributed by atoms with van der Waals surface area (Å²) >= 11 is 0. The van der Waals surface area contributed by atoms with E-state index in [1.807, 2.05) is 30.3 Å². The summed E-state index contributed by atoms with van der Waals surface area (Å²) < 4.78 is 10.4. The fourth-order valence-corrected chi connectivity index (χ4v) is 1.07. The van der Waals surface area contributed by atoms with Crippen LogP contribution in [-0.2, 0) is 9.53 Å². The molecule has 1 unspecified atom stereocenters. The van der Waals surface area contributed by atoms with E-state index in [2.05, 4.69) is 6.58 Å². The van der Waals surface area contributed by atoms with Gasteiger partial charge >= 0.3 is 5.97 Å². The van der Waals surface area contributed by atoms with E-state index in [1.54, 1.807) is 0 Å². The fourth-order valence-electron chi connectivity index (χ4n) is 1.07. The van der Waals surface area contributed by atoms with E-state index >= 15 is 0 Å². The lowest BCUT2D eigenvalue weighted by molar-refractivity contribution is -0.143. The molecule has 2 N–H and O–H groups in total. The quantitative estimate of drug-likeness (QED) is 0.577. The van der Waals surface area contributed by atoms with E-state index in [4.69, 9.17) is 15.2 Å². The Morgan fingerprint density at radius 3 is 2.69 bits per heavy atom. The van der Waals surface area contributed by atoms with Crippen molar-refractivity contribution < 1.29 is 14.3 Å². The maximum atomic E-state index is 10.9. The van der Waals surface area contributed by atoms with Crippen molar-refractivity contribution in [3.8, 4) is 5.75 Å². The van der Waals surface area contributed by atoms with Crippen molar-refractivity contribution in [1.82, 2.24) is 0 Å². The van der Waals surface area contributed by atoms with Crippen LogP contribution in [0.5, 0.6) is 5.75 Å².